The molecule has 0 aliphatic heterocycles. The van der Waals surface area contributed by atoms with Gasteiger partial charge in [0.2, 0.25) is 0 Å². The van der Waals surface area contributed by atoms with Crippen molar-refractivity contribution >= 4 is 21.6 Å². The first-order valence-electron chi connectivity index (χ1n) is 9.72. The van der Waals surface area contributed by atoms with Crippen LogP contribution in [0.2, 0.25) is 0 Å². The standard InChI is InChI=1S/C21H26O5S/c1-13(26-20(23)17-3-5-18(6-4-17)27(2,24)25)19(22)21-10-14-7-15(11-21)9-16(8-14)12-21/h3-6,13-16H,7-12H2,1-2H3/t13-,14?,15?,16?,21?/m1/s1. The second kappa shape index (κ2) is 6.43. The van der Waals surface area contributed by atoms with E-state index in [-0.39, 0.29) is 21.7 Å². The summed E-state index contributed by atoms with van der Waals surface area (Å²) in [6.45, 7) is 1.67. The highest BCUT2D eigenvalue weighted by atomic mass is 32.2. The van der Waals surface area contributed by atoms with Crippen LogP contribution >= 0.6 is 0 Å². The number of Topliss-reactive ketones (excluding diaryl/α,β-unsaturated/α-hetero) is 1. The summed E-state index contributed by atoms with van der Waals surface area (Å²) in [4.78, 5) is 25.8. The molecule has 5 rings (SSSR count). The molecule has 4 saturated carbocycles. The molecule has 1 atom stereocenters. The Hall–Kier alpha value is -1.69. The molecule has 4 aliphatic rings. The van der Waals surface area contributed by atoms with Crippen LogP contribution in [0.5, 0.6) is 0 Å². The van der Waals surface area contributed by atoms with Crippen molar-refractivity contribution in [1.82, 2.24) is 0 Å². The molecule has 27 heavy (non-hydrogen) atoms. The van der Waals surface area contributed by atoms with Gasteiger partial charge >= 0.3 is 5.97 Å². The average molecular weight is 391 g/mol. The van der Waals surface area contributed by atoms with Crippen molar-refractivity contribution in [2.45, 2.75) is 56.4 Å². The fourth-order valence-electron chi connectivity index (χ4n) is 5.96. The second-order valence-electron chi connectivity index (χ2n) is 8.91. The molecule has 146 valence electrons. The minimum Gasteiger partial charge on any atom is -0.451 e. The molecule has 1 aromatic rings. The van der Waals surface area contributed by atoms with Crippen LogP contribution in [0.4, 0.5) is 0 Å². The van der Waals surface area contributed by atoms with E-state index in [1.807, 2.05) is 0 Å². The molecule has 0 unspecified atom stereocenters. The lowest BCUT2D eigenvalue weighted by molar-refractivity contribution is -0.152. The molecular weight excluding hydrogens is 364 g/mol. The fourth-order valence-corrected chi connectivity index (χ4v) is 6.59. The Balaban J connectivity index is 1.45. The topological polar surface area (TPSA) is 77.5 Å². The van der Waals surface area contributed by atoms with Gasteiger partial charge in [-0.05, 0) is 87.5 Å². The van der Waals surface area contributed by atoms with Gasteiger partial charge in [0, 0.05) is 11.7 Å². The van der Waals surface area contributed by atoms with E-state index in [9.17, 15) is 18.0 Å². The number of sulfone groups is 1. The Morgan fingerprint density at radius 1 is 1.00 bits per heavy atom. The van der Waals surface area contributed by atoms with Gasteiger partial charge in [0.05, 0.1) is 10.5 Å². The maximum Gasteiger partial charge on any atom is 0.338 e. The monoisotopic (exact) mass is 390 g/mol. The number of carbonyl (C=O) groups is 2. The third kappa shape index (κ3) is 3.44. The van der Waals surface area contributed by atoms with Crippen LogP contribution in [0.1, 0.15) is 55.8 Å². The van der Waals surface area contributed by atoms with Gasteiger partial charge in [-0.25, -0.2) is 13.2 Å². The van der Waals surface area contributed by atoms with E-state index < -0.39 is 21.9 Å². The highest BCUT2D eigenvalue weighted by molar-refractivity contribution is 7.90. The predicted molar refractivity (Wildman–Crippen MR) is 100 cm³/mol. The predicted octanol–water partition coefficient (Wildman–Crippen LogP) is 3.42. The molecule has 0 N–H and O–H groups in total. The summed E-state index contributed by atoms with van der Waals surface area (Å²) in [5.41, 5.74) is -0.0400. The van der Waals surface area contributed by atoms with Crippen molar-refractivity contribution in [3.63, 3.8) is 0 Å². The van der Waals surface area contributed by atoms with E-state index in [1.165, 1.54) is 43.5 Å². The van der Waals surface area contributed by atoms with Gasteiger partial charge < -0.3 is 4.74 Å². The molecule has 0 aromatic heterocycles. The Morgan fingerprint density at radius 2 is 1.48 bits per heavy atom. The molecule has 4 fully saturated rings. The summed E-state index contributed by atoms with van der Waals surface area (Å²) in [6, 6.07) is 5.64. The van der Waals surface area contributed by atoms with E-state index >= 15 is 0 Å². The molecule has 4 bridgehead atoms. The first kappa shape index (κ1) is 18.7. The molecule has 0 radical (unpaired) electrons. The first-order chi connectivity index (χ1) is 12.7. The third-order valence-corrected chi connectivity index (χ3v) is 7.86. The molecular formula is C21H26O5S. The summed E-state index contributed by atoms with van der Waals surface area (Å²) >= 11 is 0. The van der Waals surface area contributed by atoms with Crippen molar-refractivity contribution in [3.8, 4) is 0 Å². The first-order valence-corrected chi connectivity index (χ1v) is 11.6. The summed E-state index contributed by atoms with van der Waals surface area (Å²) in [5, 5.41) is 0. The van der Waals surface area contributed by atoms with E-state index in [0.29, 0.717) is 17.8 Å². The number of rotatable bonds is 5. The molecule has 5 nitrogen and oxygen atoms in total. The van der Waals surface area contributed by atoms with Crippen molar-refractivity contribution in [3.05, 3.63) is 29.8 Å². The van der Waals surface area contributed by atoms with Gasteiger partial charge in [-0.3, -0.25) is 4.79 Å². The van der Waals surface area contributed by atoms with Crippen LogP contribution in [0.25, 0.3) is 0 Å². The largest absolute Gasteiger partial charge is 0.451 e. The van der Waals surface area contributed by atoms with Gasteiger partial charge in [-0.15, -0.1) is 0 Å². The van der Waals surface area contributed by atoms with E-state index in [0.717, 1.165) is 25.5 Å². The zero-order valence-electron chi connectivity index (χ0n) is 15.8. The number of esters is 1. The van der Waals surface area contributed by atoms with Crippen LogP contribution in [0, 0.1) is 23.2 Å². The van der Waals surface area contributed by atoms with Gasteiger partial charge in [0.1, 0.15) is 0 Å². The molecule has 4 aliphatic carbocycles. The van der Waals surface area contributed by atoms with Gasteiger partial charge in [0.15, 0.2) is 21.7 Å². The highest BCUT2D eigenvalue weighted by Crippen LogP contribution is 2.60. The minimum atomic E-state index is -3.31. The highest BCUT2D eigenvalue weighted by Gasteiger charge is 2.55. The maximum absolute atomic E-state index is 13.2. The van der Waals surface area contributed by atoms with Gasteiger partial charge in [-0.1, -0.05) is 0 Å². The summed E-state index contributed by atoms with van der Waals surface area (Å²) < 4.78 is 28.5. The van der Waals surface area contributed by atoms with Crippen LogP contribution in [-0.4, -0.2) is 32.5 Å². The lowest BCUT2D eigenvalue weighted by atomic mass is 9.48. The molecule has 6 heteroatoms. The van der Waals surface area contributed by atoms with Gasteiger partial charge in [0.25, 0.3) is 0 Å². The normalized spacial score (nSPS) is 32.9. The SMILES string of the molecule is C[C@@H](OC(=O)c1ccc(S(C)(=O)=O)cc1)C(=O)C12CC3CC(CC(C3)C1)C2. The molecule has 0 spiro atoms. The van der Waals surface area contributed by atoms with Crippen LogP contribution in [0.3, 0.4) is 0 Å². The van der Waals surface area contributed by atoms with Crippen LogP contribution < -0.4 is 0 Å². The summed E-state index contributed by atoms with van der Waals surface area (Å²) in [7, 11) is -3.31. The second-order valence-corrected chi connectivity index (χ2v) is 10.9. The van der Waals surface area contributed by atoms with Crippen LogP contribution in [0.15, 0.2) is 29.2 Å². The summed E-state index contributed by atoms with van der Waals surface area (Å²) in [5.74, 6) is 1.47. The number of benzene rings is 1. The Bertz CT molecular complexity index is 833. The lowest BCUT2D eigenvalue weighted by Gasteiger charge is -2.56. The zero-order chi connectivity index (χ0) is 19.4. The molecule has 0 saturated heterocycles. The average Bonchev–Trinajstić information content (AvgIpc) is 2.59. The Labute approximate surface area is 160 Å². The van der Waals surface area contributed by atoms with E-state index in [1.54, 1.807) is 6.92 Å². The van der Waals surface area contributed by atoms with Crippen molar-refractivity contribution < 1.29 is 22.7 Å². The van der Waals surface area contributed by atoms with Crippen molar-refractivity contribution in [2.75, 3.05) is 6.26 Å². The summed E-state index contributed by atoms with van der Waals surface area (Å²) in [6.07, 6.45) is 6.96. The minimum absolute atomic E-state index is 0.0720. The van der Waals surface area contributed by atoms with Crippen molar-refractivity contribution in [1.29, 1.82) is 0 Å². The van der Waals surface area contributed by atoms with E-state index in [2.05, 4.69) is 0 Å². The number of carbonyl (C=O) groups excluding carboxylic acids is 2. The smallest absolute Gasteiger partial charge is 0.338 e. The fraction of sp³-hybridized carbons (Fsp3) is 0.619. The molecule has 1 aromatic carbocycles. The third-order valence-electron chi connectivity index (χ3n) is 6.73. The van der Waals surface area contributed by atoms with Crippen molar-refractivity contribution in [2.24, 2.45) is 23.2 Å². The number of hydrogen-bond donors (Lipinski definition) is 0. The maximum atomic E-state index is 13.2. The Kier molecular flexibility index (Phi) is 4.45. The van der Waals surface area contributed by atoms with Gasteiger partial charge in [-0.2, -0.15) is 0 Å². The van der Waals surface area contributed by atoms with Crippen LogP contribution in [-0.2, 0) is 19.4 Å². The molecule has 0 amide bonds. The zero-order valence-corrected chi connectivity index (χ0v) is 16.6. The number of ketones is 1. The Morgan fingerprint density at radius 3 is 1.93 bits per heavy atom. The lowest BCUT2D eigenvalue weighted by Crippen LogP contribution is -2.52. The number of hydrogen-bond acceptors (Lipinski definition) is 5. The molecule has 0 heterocycles. The number of ether oxygens (including phenoxy) is 1. The van der Waals surface area contributed by atoms with E-state index in [4.69, 9.17) is 4.74 Å². The quantitative estimate of drug-likeness (QED) is 0.720.